The van der Waals surface area contributed by atoms with E-state index in [2.05, 4.69) is 23.6 Å². The van der Waals surface area contributed by atoms with Crippen LogP contribution in [0.25, 0.3) is 0 Å². The van der Waals surface area contributed by atoms with E-state index in [-0.39, 0.29) is 16.8 Å². The normalized spacial score (nSPS) is 16.4. The van der Waals surface area contributed by atoms with Gasteiger partial charge in [-0.2, -0.15) is 0 Å². The van der Waals surface area contributed by atoms with Gasteiger partial charge in [-0.05, 0) is 62.7 Å². The molecule has 1 saturated heterocycles. The van der Waals surface area contributed by atoms with Crippen molar-refractivity contribution in [3.8, 4) is 0 Å². The Morgan fingerprint density at radius 3 is 2.16 bits per heavy atom. The van der Waals surface area contributed by atoms with Crippen molar-refractivity contribution in [3.63, 3.8) is 0 Å². The second kappa shape index (κ2) is 9.38. The second-order valence-electron chi connectivity index (χ2n) is 8.37. The summed E-state index contributed by atoms with van der Waals surface area (Å²) in [7, 11) is -2.07. The average molecular weight is 445 g/mol. The molecule has 1 unspecified atom stereocenters. The highest BCUT2D eigenvalue weighted by Gasteiger charge is 2.22. The molecule has 168 valence electrons. The van der Waals surface area contributed by atoms with E-state index in [0.29, 0.717) is 17.2 Å². The van der Waals surface area contributed by atoms with Gasteiger partial charge in [-0.15, -0.1) is 0 Å². The Bertz CT molecular complexity index is 1010. The SMILES string of the molecule is CC(C)N1CCN(c2ccc(C(=O)N(C)C(C)c3cccc(S(N)(=O)=O)c3)cc2)CC1. The Balaban J connectivity index is 1.69. The van der Waals surface area contributed by atoms with Gasteiger partial charge in [0.25, 0.3) is 5.91 Å². The van der Waals surface area contributed by atoms with Crippen molar-refractivity contribution in [1.29, 1.82) is 0 Å². The topological polar surface area (TPSA) is 86.9 Å². The molecule has 7 nitrogen and oxygen atoms in total. The van der Waals surface area contributed by atoms with Crippen LogP contribution in [0.3, 0.4) is 0 Å². The maximum atomic E-state index is 13.0. The van der Waals surface area contributed by atoms with Gasteiger partial charge in [0.05, 0.1) is 10.9 Å². The monoisotopic (exact) mass is 444 g/mol. The Labute approximate surface area is 185 Å². The number of rotatable bonds is 6. The summed E-state index contributed by atoms with van der Waals surface area (Å²) in [6.45, 7) is 10.3. The molecular formula is C23H32N4O3S. The Morgan fingerprint density at radius 1 is 1.00 bits per heavy atom. The fourth-order valence-electron chi connectivity index (χ4n) is 3.87. The smallest absolute Gasteiger partial charge is 0.254 e. The van der Waals surface area contributed by atoms with E-state index >= 15 is 0 Å². The van der Waals surface area contributed by atoms with Crippen molar-refractivity contribution < 1.29 is 13.2 Å². The predicted molar refractivity (Wildman–Crippen MR) is 124 cm³/mol. The van der Waals surface area contributed by atoms with Crippen LogP contribution in [0, 0.1) is 0 Å². The fraction of sp³-hybridized carbons (Fsp3) is 0.435. The minimum absolute atomic E-state index is 0.0413. The molecule has 1 fully saturated rings. The van der Waals surface area contributed by atoms with Gasteiger partial charge >= 0.3 is 0 Å². The molecule has 2 aromatic rings. The maximum Gasteiger partial charge on any atom is 0.254 e. The first-order valence-corrected chi connectivity index (χ1v) is 12.1. The van der Waals surface area contributed by atoms with Crippen molar-refractivity contribution in [3.05, 3.63) is 59.7 Å². The fourth-order valence-corrected chi connectivity index (χ4v) is 4.43. The lowest BCUT2D eigenvalue weighted by Gasteiger charge is -2.38. The Morgan fingerprint density at radius 2 is 1.61 bits per heavy atom. The lowest BCUT2D eigenvalue weighted by molar-refractivity contribution is 0.0742. The number of amides is 1. The third-order valence-corrected chi connectivity index (χ3v) is 7.01. The van der Waals surface area contributed by atoms with Crippen molar-refractivity contribution in [1.82, 2.24) is 9.80 Å². The van der Waals surface area contributed by atoms with Gasteiger partial charge in [0.2, 0.25) is 10.0 Å². The van der Waals surface area contributed by atoms with Gasteiger partial charge in [-0.3, -0.25) is 9.69 Å². The Hall–Kier alpha value is -2.42. The molecule has 0 saturated carbocycles. The molecule has 0 aromatic heterocycles. The molecule has 1 aliphatic rings. The lowest BCUT2D eigenvalue weighted by Crippen LogP contribution is -2.48. The van der Waals surface area contributed by atoms with Gasteiger partial charge in [-0.1, -0.05) is 12.1 Å². The van der Waals surface area contributed by atoms with E-state index in [0.717, 1.165) is 31.9 Å². The highest BCUT2D eigenvalue weighted by Crippen LogP contribution is 2.24. The molecule has 1 atom stereocenters. The summed E-state index contributed by atoms with van der Waals surface area (Å²) in [4.78, 5) is 19.5. The number of primary sulfonamides is 1. The van der Waals surface area contributed by atoms with E-state index in [1.165, 1.54) is 12.1 Å². The number of carbonyl (C=O) groups is 1. The van der Waals surface area contributed by atoms with Crippen LogP contribution in [-0.2, 0) is 10.0 Å². The first-order valence-electron chi connectivity index (χ1n) is 10.6. The minimum atomic E-state index is -3.79. The van der Waals surface area contributed by atoms with Gasteiger partial charge in [0.15, 0.2) is 0 Å². The molecule has 0 bridgehead atoms. The molecule has 0 aliphatic carbocycles. The first kappa shape index (κ1) is 23.2. The van der Waals surface area contributed by atoms with Crippen LogP contribution in [0.2, 0.25) is 0 Å². The van der Waals surface area contributed by atoms with Crippen LogP contribution in [0.5, 0.6) is 0 Å². The Kier molecular flexibility index (Phi) is 7.03. The molecular weight excluding hydrogens is 412 g/mol. The van der Waals surface area contributed by atoms with E-state index in [4.69, 9.17) is 5.14 Å². The molecule has 1 heterocycles. The predicted octanol–water partition coefficient (Wildman–Crippen LogP) is 2.70. The number of sulfonamides is 1. The highest BCUT2D eigenvalue weighted by molar-refractivity contribution is 7.89. The average Bonchev–Trinajstić information content (AvgIpc) is 2.77. The van der Waals surface area contributed by atoms with Crippen molar-refractivity contribution in [2.24, 2.45) is 5.14 Å². The van der Waals surface area contributed by atoms with Gasteiger partial charge in [-0.25, -0.2) is 13.6 Å². The molecule has 0 radical (unpaired) electrons. The minimum Gasteiger partial charge on any atom is -0.369 e. The van der Waals surface area contributed by atoms with Gasteiger partial charge in [0.1, 0.15) is 0 Å². The van der Waals surface area contributed by atoms with Gasteiger partial charge < -0.3 is 9.80 Å². The third kappa shape index (κ3) is 5.44. The lowest BCUT2D eigenvalue weighted by atomic mass is 10.1. The number of hydrogen-bond acceptors (Lipinski definition) is 5. The summed E-state index contributed by atoms with van der Waals surface area (Å²) in [5.41, 5.74) is 2.43. The second-order valence-corrected chi connectivity index (χ2v) is 9.93. The van der Waals surface area contributed by atoms with Crippen LogP contribution in [-0.4, -0.2) is 63.4 Å². The zero-order valence-corrected chi connectivity index (χ0v) is 19.5. The number of carbonyl (C=O) groups excluding carboxylic acids is 1. The number of piperazine rings is 1. The van der Waals surface area contributed by atoms with Crippen molar-refractivity contribution >= 4 is 21.6 Å². The van der Waals surface area contributed by atoms with Crippen LogP contribution < -0.4 is 10.0 Å². The standard InChI is InChI=1S/C23H32N4O3S/c1-17(2)26-12-14-27(15-13-26)21-10-8-19(9-11-21)23(28)25(4)18(3)20-6-5-7-22(16-20)31(24,29)30/h5-11,16-18H,12-15H2,1-4H3,(H2,24,29,30). The first-order chi connectivity index (χ1) is 14.6. The summed E-state index contributed by atoms with van der Waals surface area (Å²) < 4.78 is 23.3. The highest BCUT2D eigenvalue weighted by atomic mass is 32.2. The number of nitrogens with zero attached hydrogens (tertiary/aromatic N) is 3. The molecule has 31 heavy (non-hydrogen) atoms. The molecule has 3 rings (SSSR count). The largest absolute Gasteiger partial charge is 0.369 e. The molecule has 2 aromatic carbocycles. The van der Waals surface area contributed by atoms with Crippen LogP contribution in [0.15, 0.2) is 53.4 Å². The van der Waals surface area contributed by atoms with E-state index < -0.39 is 10.0 Å². The number of hydrogen-bond donors (Lipinski definition) is 1. The number of anilines is 1. The summed E-state index contributed by atoms with van der Waals surface area (Å²) in [5.74, 6) is -0.121. The van der Waals surface area contributed by atoms with Crippen LogP contribution >= 0.6 is 0 Å². The summed E-state index contributed by atoms with van der Waals surface area (Å²) >= 11 is 0. The van der Waals surface area contributed by atoms with Crippen LogP contribution in [0.1, 0.15) is 42.7 Å². The van der Waals surface area contributed by atoms with E-state index in [1.807, 2.05) is 31.2 Å². The van der Waals surface area contributed by atoms with E-state index in [9.17, 15) is 13.2 Å². The summed E-state index contributed by atoms with van der Waals surface area (Å²) in [6.07, 6.45) is 0. The summed E-state index contributed by atoms with van der Waals surface area (Å²) in [6, 6.07) is 14.4. The molecule has 0 spiro atoms. The van der Waals surface area contributed by atoms with Crippen molar-refractivity contribution in [2.75, 3.05) is 38.1 Å². The zero-order valence-electron chi connectivity index (χ0n) is 18.7. The maximum absolute atomic E-state index is 13.0. The molecule has 1 amide bonds. The number of benzene rings is 2. The van der Waals surface area contributed by atoms with Crippen molar-refractivity contribution in [2.45, 2.75) is 37.8 Å². The number of nitrogens with two attached hydrogens (primary N) is 1. The van der Waals surface area contributed by atoms with E-state index in [1.54, 1.807) is 24.1 Å². The van der Waals surface area contributed by atoms with Gasteiger partial charge in [0, 0.05) is 50.5 Å². The zero-order chi connectivity index (χ0) is 22.8. The molecule has 8 heteroatoms. The molecule has 2 N–H and O–H groups in total. The molecule has 1 aliphatic heterocycles. The van der Waals surface area contributed by atoms with Crippen LogP contribution in [0.4, 0.5) is 5.69 Å². The summed E-state index contributed by atoms with van der Waals surface area (Å²) in [5, 5.41) is 5.24. The quantitative estimate of drug-likeness (QED) is 0.740. The third-order valence-electron chi connectivity index (χ3n) is 6.09.